The van der Waals surface area contributed by atoms with Crippen LogP contribution < -0.4 is 10.2 Å². The Bertz CT molecular complexity index is 1740. The van der Waals surface area contributed by atoms with Gasteiger partial charge in [-0.15, -0.1) is 0 Å². The first-order valence-electron chi connectivity index (χ1n) is 15.3. The summed E-state index contributed by atoms with van der Waals surface area (Å²) in [5, 5.41) is 3.59. The maximum Gasteiger partial charge on any atom is 0.0462 e. The van der Waals surface area contributed by atoms with Crippen LogP contribution in [-0.2, 0) is 0 Å². The molecule has 0 aromatic heterocycles. The van der Waals surface area contributed by atoms with Gasteiger partial charge in [0, 0.05) is 28.4 Å². The zero-order chi connectivity index (χ0) is 30.1. The number of nitrogens with one attached hydrogen (secondary N) is 1. The number of hydrogen-bond donors (Lipinski definition) is 1. The molecule has 5 aromatic carbocycles. The highest BCUT2D eigenvalue weighted by Gasteiger charge is 2.12. The van der Waals surface area contributed by atoms with Crippen molar-refractivity contribution in [3.63, 3.8) is 0 Å². The molecule has 2 nitrogen and oxygen atoms in total. The molecule has 0 atom stereocenters. The summed E-state index contributed by atoms with van der Waals surface area (Å²) in [4.78, 5) is 2.31. The summed E-state index contributed by atoms with van der Waals surface area (Å²) >= 11 is 0. The largest absolute Gasteiger partial charge is 0.359 e. The molecule has 6 rings (SSSR count). The number of anilines is 4. The maximum atomic E-state index is 3.59. The van der Waals surface area contributed by atoms with Gasteiger partial charge in [-0.1, -0.05) is 120 Å². The van der Waals surface area contributed by atoms with Gasteiger partial charge in [-0.2, -0.15) is 0 Å². The van der Waals surface area contributed by atoms with E-state index in [9.17, 15) is 0 Å². The van der Waals surface area contributed by atoms with Crippen LogP contribution in [0.3, 0.4) is 0 Å². The molecule has 0 radical (unpaired) electrons. The fraction of sp³-hybridized carbons (Fsp3) is 0.0952. The number of allylic oxidation sites excluding steroid dienone is 5. The van der Waals surface area contributed by atoms with Crippen molar-refractivity contribution in [1.29, 1.82) is 0 Å². The molecular weight excluding hydrogens is 532 g/mol. The summed E-state index contributed by atoms with van der Waals surface area (Å²) in [6, 6.07) is 45.2. The van der Waals surface area contributed by atoms with Gasteiger partial charge in [0.15, 0.2) is 0 Å². The van der Waals surface area contributed by atoms with Crippen LogP contribution >= 0.6 is 0 Å². The highest BCUT2D eigenvalue weighted by Crippen LogP contribution is 2.35. The molecule has 1 aliphatic rings. The number of nitrogens with zero attached hydrogens (tertiary/aromatic N) is 1. The van der Waals surface area contributed by atoms with Crippen LogP contribution in [-0.4, -0.2) is 0 Å². The van der Waals surface area contributed by atoms with Crippen molar-refractivity contribution >= 4 is 41.0 Å². The smallest absolute Gasteiger partial charge is 0.0462 e. The van der Waals surface area contributed by atoms with Crippen molar-refractivity contribution in [2.45, 2.75) is 26.7 Å². The van der Waals surface area contributed by atoms with Gasteiger partial charge in [0.2, 0.25) is 0 Å². The summed E-state index contributed by atoms with van der Waals surface area (Å²) in [5.41, 5.74) is 13.3. The Morgan fingerprint density at radius 3 is 1.48 bits per heavy atom. The Labute approximate surface area is 262 Å². The second-order valence-electron chi connectivity index (χ2n) is 11.4. The standard InChI is InChI=1S/C42H38N2/c1-32-8-26-40(27-9-32)44(41-28-10-33(2)11-29-41)42-30-20-37(21-31-42)15-14-36-18-24-39(25-19-36)43-38-22-16-35(17-23-38)13-12-34-6-4-3-5-7-34/h3-18,20-24,26-31,43H,19,25H2,1-2H3. The molecule has 0 saturated heterocycles. The Morgan fingerprint density at radius 1 is 0.477 bits per heavy atom. The lowest BCUT2D eigenvalue weighted by atomic mass is 10.0. The third-order valence-electron chi connectivity index (χ3n) is 7.89. The maximum absolute atomic E-state index is 3.59. The molecule has 44 heavy (non-hydrogen) atoms. The summed E-state index contributed by atoms with van der Waals surface area (Å²) in [6.45, 7) is 4.25. The van der Waals surface area contributed by atoms with Crippen LogP contribution in [0.25, 0.3) is 18.2 Å². The molecule has 1 N–H and O–H groups in total. The molecule has 5 aromatic rings. The third kappa shape index (κ3) is 7.53. The van der Waals surface area contributed by atoms with Gasteiger partial charge < -0.3 is 10.2 Å². The Balaban J connectivity index is 1.09. The second kappa shape index (κ2) is 13.8. The summed E-state index contributed by atoms with van der Waals surface area (Å²) in [7, 11) is 0. The third-order valence-corrected chi connectivity index (χ3v) is 7.89. The van der Waals surface area contributed by atoms with Gasteiger partial charge in [-0.05, 0) is 104 Å². The van der Waals surface area contributed by atoms with Crippen LogP contribution in [0.5, 0.6) is 0 Å². The number of hydrogen-bond acceptors (Lipinski definition) is 2. The highest BCUT2D eigenvalue weighted by atomic mass is 15.1. The lowest BCUT2D eigenvalue weighted by Gasteiger charge is -2.26. The Kier molecular flexibility index (Phi) is 8.99. The molecule has 0 bridgehead atoms. The second-order valence-corrected chi connectivity index (χ2v) is 11.4. The lowest BCUT2D eigenvalue weighted by Crippen LogP contribution is -2.09. The number of rotatable bonds is 9. The van der Waals surface area contributed by atoms with E-state index in [-0.39, 0.29) is 0 Å². The van der Waals surface area contributed by atoms with Crippen LogP contribution in [0.2, 0.25) is 0 Å². The van der Waals surface area contributed by atoms with Gasteiger partial charge in [0.25, 0.3) is 0 Å². The quantitative estimate of drug-likeness (QED) is 0.177. The summed E-state index contributed by atoms with van der Waals surface area (Å²) < 4.78 is 0. The first-order chi connectivity index (χ1) is 21.6. The predicted octanol–water partition coefficient (Wildman–Crippen LogP) is 11.7. The molecule has 1 aliphatic carbocycles. The van der Waals surface area contributed by atoms with E-state index in [0.717, 1.165) is 35.6 Å². The molecule has 2 heteroatoms. The molecule has 0 heterocycles. The molecule has 0 amide bonds. The van der Waals surface area contributed by atoms with E-state index in [1.807, 2.05) is 6.07 Å². The molecule has 0 fully saturated rings. The number of aryl methyl sites for hydroxylation is 2. The molecule has 0 unspecified atom stereocenters. The van der Waals surface area contributed by atoms with Gasteiger partial charge >= 0.3 is 0 Å². The monoisotopic (exact) mass is 570 g/mol. The zero-order valence-electron chi connectivity index (χ0n) is 25.4. The van der Waals surface area contributed by atoms with E-state index in [4.69, 9.17) is 0 Å². The molecule has 0 aliphatic heterocycles. The van der Waals surface area contributed by atoms with Gasteiger partial charge in [0.1, 0.15) is 0 Å². The van der Waals surface area contributed by atoms with Crippen molar-refractivity contribution in [2.24, 2.45) is 0 Å². The predicted molar refractivity (Wildman–Crippen MR) is 190 cm³/mol. The Morgan fingerprint density at radius 2 is 0.955 bits per heavy atom. The van der Waals surface area contributed by atoms with Crippen LogP contribution in [0.1, 0.15) is 40.7 Å². The van der Waals surface area contributed by atoms with E-state index < -0.39 is 0 Å². The van der Waals surface area contributed by atoms with Crippen molar-refractivity contribution < 1.29 is 0 Å². The van der Waals surface area contributed by atoms with Crippen LogP contribution in [0, 0.1) is 13.8 Å². The molecule has 0 saturated carbocycles. The zero-order valence-corrected chi connectivity index (χ0v) is 25.4. The van der Waals surface area contributed by atoms with Gasteiger partial charge in [-0.3, -0.25) is 0 Å². The minimum absolute atomic E-state index is 0.993. The molecular formula is C42H38N2. The van der Waals surface area contributed by atoms with E-state index >= 15 is 0 Å². The van der Waals surface area contributed by atoms with Gasteiger partial charge in [0.05, 0.1) is 0 Å². The fourth-order valence-electron chi connectivity index (χ4n) is 5.29. The van der Waals surface area contributed by atoms with Crippen molar-refractivity contribution in [3.05, 3.63) is 185 Å². The molecule has 0 spiro atoms. The lowest BCUT2D eigenvalue weighted by molar-refractivity contribution is 0.933. The summed E-state index contributed by atoms with van der Waals surface area (Å²) in [6.07, 6.45) is 15.2. The highest BCUT2D eigenvalue weighted by molar-refractivity contribution is 5.77. The van der Waals surface area contributed by atoms with Crippen molar-refractivity contribution in [1.82, 2.24) is 0 Å². The van der Waals surface area contributed by atoms with E-state index in [0.29, 0.717) is 0 Å². The topological polar surface area (TPSA) is 15.3 Å². The SMILES string of the molecule is Cc1ccc(N(c2ccc(C)cc2)c2ccc(C=CC3=CC=C(Nc4ccc(C=Cc5ccccc5)cc4)CC3)cc2)cc1. The summed E-state index contributed by atoms with van der Waals surface area (Å²) in [5.74, 6) is 0. The average molecular weight is 571 g/mol. The van der Waals surface area contributed by atoms with Crippen molar-refractivity contribution in [3.8, 4) is 0 Å². The van der Waals surface area contributed by atoms with Crippen molar-refractivity contribution in [2.75, 3.05) is 10.2 Å². The van der Waals surface area contributed by atoms with E-state index in [1.54, 1.807) is 0 Å². The first kappa shape index (κ1) is 28.8. The average Bonchev–Trinajstić information content (AvgIpc) is 3.07. The first-order valence-corrected chi connectivity index (χ1v) is 15.3. The van der Waals surface area contributed by atoms with Crippen LogP contribution in [0.4, 0.5) is 22.7 Å². The minimum Gasteiger partial charge on any atom is -0.359 e. The van der Waals surface area contributed by atoms with E-state index in [2.05, 4.69) is 182 Å². The van der Waals surface area contributed by atoms with Gasteiger partial charge in [-0.25, -0.2) is 0 Å². The van der Waals surface area contributed by atoms with Crippen LogP contribution in [0.15, 0.2) is 157 Å². The Hall–Kier alpha value is -5.34. The minimum atomic E-state index is 0.993. The normalized spacial score (nSPS) is 13.1. The van der Waals surface area contributed by atoms with E-state index in [1.165, 1.54) is 39.1 Å². The molecule has 216 valence electrons. The number of benzene rings is 5. The fourth-order valence-corrected chi connectivity index (χ4v) is 5.29.